The number of anilines is 1. The molecule has 1 N–H and O–H groups in total. The summed E-state index contributed by atoms with van der Waals surface area (Å²) in [6.07, 6.45) is 1.18. The molecule has 0 heterocycles. The Morgan fingerprint density at radius 2 is 1.78 bits per heavy atom. The molecule has 2 rings (SSSR count). The fourth-order valence-corrected chi connectivity index (χ4v) is 3.53. The van der Waals surface area contributed by atoms with Crippen molar-refractivity contribution in [1.29, 1.82) is 0 Å². The minimum atomic E-state index is -3.55. The monoisotopic (exact) mass is 390 g/mol. The van der Waals surface area contributed by atoms with E-state index in [1.54, 1.807) is 24.3 Å². The lowest BCUT2D eigenvalue weighted by Crippen LogP contribution is -2.34. The van der Waals surface area contributed by atoms with Crippen molar-refractivity contribution in [3.05, 3.63) is 59.7 Å². The van der Waals surface area contributed by atoms with Crippen LogP contribution < -0.4 is 14.4 Å². The number of para-hydroxylation sites is 2. The largest absolute Gasteiger partial charge is 0.492 e. The van der Waals surface area contributed by atoms with Gasteiger partial charge in [0.25, 0.3) is 0 Å². The number of hydrogen-bond acceptors (Lipinski definition) is 4. The average Bonchev–Trinajstić information content (AvgIpc) is 2.62. The van der Waals surface area contributed by atoms with Crippen LogP contribution in [0.4, 0.5) is 5.69 Å². The zero-order valence-electron chi connectivity index (χ0n) is 15.9. The van der Waals surface area contributed by atoms with Crippen LogP contribution in [0, 0.1) is 6.92 Å². The molecule has 2 aromatic carbocycles. The lowest BCUT2D eigenvalue weighted by atomic mass is 10.1. The van der Waals surface area contributed by atoms with Gasteiger partial charge < -0.3 is 10.1 Å². The molecule has 0 saturated heterocycles. The minimum absolute atomic E-state index is 0.0443. The van der Waals surface area contributed by atoms with Crippen LogP contribution in [-0.4, -0.2) is 33.7 Å². The first-order valence-electron chi connectivity index (χ1n) is 8.83. The molecule has 0 radical (unpaired) electrons. The van der Waals surface area contributed by atoms with Gasteiger partial charge in [-0.15, -0.1) is 0 Å². The van der Waals surface area contributed by atoms with Crippen LogP contribution in [0.5, 0.6) is 5.75 Å². The van der Waals surface area contributed by atoms with E-state index in [2.05, 4.69) is 5.32 Å². The van der Waals surface area contributed by atoms with E-state index in [1.807, 2.05) is 38.1 Å². The predicted molar refractivity (Wildman–Crippen MR) is 107 cm³/mol. The molecule has 0 aromatic heterocycles. The average molecular weight is 391 g/mol. The summed E-state index contributed by atoms with van der Waals surface area (Å²) >= 11 is 0. The third-order valence-corrected chi connectivity index (χ3v) is 5.17. The molecule has 0 atom stereocenters. The van der Waals surface area contributed by atoms with Gasteiger partial charge in [0.2, 0.25) is 15.9 Å². The number of rotatable bonds is 9. The van der Waals surface area contributed by atoms with Crippen LogP contribution in [0.3, 0.4) is 0 Å². The highest BCUT2D eigenvalue weighted by molar-refractivity contribution is 7.92. The lowest BCUT2D eigenvalue weighted by Gasteiger charge is -2.24. The van der Waals surface area contributed by atoms with Crippen molar-refractivity contribution >= 4 is 21.6 Å². The van der Waals surface area contributed by atoms with Gasteiger partial charge in [-0.25, -0.2) is 8.42 Å². The first kappa shape index (κ1) is 20.8. The molecule has 0 saturated carbocycles. The van der Waals surface area contributed by atoms with Gasteiger partial charge in [0.05, 0.1) is 18.6 Å². The molecule has 0 spiro atoms. The molecule has 0 unspecified atom stereocenters. The Morgan fingerprint density at radius 1 is 1.11 bits per heavy atom. The summed E-state index contributed by atoms with van der Waals surface area (Å²) in [7, 11) is -3.55. The standard InChI is InChI=1S/C20H26N2O4S/c1-4-26-19-8-6-5-7-18(19)22(27(3,24)25)14-13-20(23)21-15-17-11-9-16(2)10-12-17/h5-12H,4,13-15H2,1-3H3,(H,21,23). The highest BCUT2D eigenvalue weighted by Gasteiger charge is 2.21. The summed E-state index contributed by atoms with van der Waals surface area (Å²) in [6.45, 7) is 4.71. The van der Waals surface area contributed by atoms with Crippen molar-refractivity contribution in [2.75, 3.05) is 23.7 Å². The third kappa shape index (κ3) is 6.29. The number of aryl methyl sites for hydroxylation is 1. The van der Waals surface area contributed by atoms with Gasteiger partial charge in [-0.2, -0.15) is 0 Å². The molecule has 6 nitrogen and oxygen atoms in total. The number of amides is 1. The number of nitrogens with one attached hydrogen (secondary N) is 1. The summed E-state index contributed by atoms with van der Waals surface area (Å²) < 4.78 is 31.2. The summed E-state index contributed by atoms with van der Waals surface area (Å²) in [4.78, 5) is 12.2. The first-order chi connectivity index (χ1) is 12.8. The van der Waals surface area contributed by atoms with Gasteiger partial charge in [0.15, 0.2) is 0 Å². The smallest absolute Gasteiger partial charge is 0.232 e. The number of sulfonamides is 1. The van der Waals surface area contributed by atoms with Gasteiger partial charge in [-0.05, 0) is 31.5 Å². The zero-order valence-corrected chi connectivity index (χ0v) is 16.8. The van der Waals surface area contributed by atoms with E-state index >= 15 is 0 Å². The second-order valence-corrected chi connectivity index (χ2v) is 8.16. The van der Waals surface area contributed by atoms with Gasteiger partial charge in [-0.3, -0.25) is 9.10 Å². The van der Waals surface area contributed by atoms with Gasteiger partial charge in [0, 0.05) is 19.5 Å². The number of benzene rings is 2. The molecule has 7 heteroatoms. The molecule has 146 valence electrons. The van der Waals surface area contributed by atoms with Crippen LogP contribution in [0.15, 0.2) is 48.5 Å². The Hall–Kier alpha value is -2.54. The van der Waals surface area contributed by atoms with Crippen molar-refractivity contribution in [2.45, 2.75) is 26.8 Å². The molecule has 0 aliphatic heterocycles. The Kier molecular flexibility index (Phi) is 7.24. The van der Waals surface area contributed by atoms with Crippen LogP contribution in [0.2, 0.25) is 0 Å². The van der Waals surface area contributed by atoms with Crippen molar-refractivity contribution in [1.82, 2.24) is 5.32 Å². The van der Waals surface area contributed by atoms with Gasteiger partial charge in [0.1, 0.15) is 5.75 Å². The molecule has 27 heavy (non-hydrogen) atoms. The summed E-state index contributed by atoms with van der Waals surface area (Å²) in [5.41, 5.74) is 2.59. The Balaban J connectivity index is 2.03. The third-order valence-electron chi connectivity index (χ3n) is 3.99. The number of carbonyl (C=O) groups is 1. The highest BCUT2D eigenvalue weighted by atomic mass is 32.2. The number of carbonyl (C=O) groups excluding carboxylic acids is 1. The quantitative estimate of drug-likeness (QED) is 0.714. The van der Waals surface area contributed by atoms with E-state index in [1.165, 1.54) is 4.31 Å². The van der Waals surface area contributed by atoms with E-state index in [0.29, 0.717) is 24.6 Å². The molecular formula is C20H26N2O4S. The maximum atomic E-state index is 12.3. The van der Waals surface area contributed by atoms with E-state index in [9.17, 15) is 13.2 Å². The van der Waals surface area contributed by atoms with Crippen LogP contribution in [0.1, 0.15) is 24.5 Å². The van der Waals surface area contributed by atoms with Crippen molar-refractivity contribution in [3.63, 3.8) is 0 Å². The van der Waals surface area contributed by atoms with Crippen molar-refractivity contribution in [3.8, 4) is 5.75 Å². The topological polar surface area (TPSA) is 75.7 Å². The number of ether oxygens (including phenoxy) is 1. The zero-order chi connectivity index (χ0) is 19.9. The molecule has 2 aromatic rings. The van der Waals surface area contributed by atoms with Crippen molar-refractivity contribution < 1.29 is 17.9 Å². The van der Waals surface area contributed by atoms with E-state index in [-0.39, 0.29) is 18.9 Å². The predicted octanol–water partition coefficient (Wildman–Crippen LogP) is 2.87. The molecule has 0 aliphatic rings. The minimum Gasteiger partial charge on any atom is -0.492 e. The van der Waals surface area contributed by atoms with E-state index < -0.39 is 10.0 Å². The summed E-state index contributed by atoms with van der Waals surface area (Å²) in [5, 5.41) is 2.82. The SMILES string of the molecule is CCOc1ccccc1N(CCC(=O)NCc1ccc(C)cc1)S(C)(=O)=O. The highest BCUT2D eigenvalue weighted by Crippen LogP contribution is 2.29. The maximum Gasteiger partial charge on any atom is 0.232 e. The normalized spacial score (nSPS) is 11.1. The first-order valence-corrected chi connectivity index (χ1v) is 10.7. The fourth-order valence-electron chi connectivity index (χ4n) is 2.60. The second kappa shape index (κ2) is 9.41. The molecule has 0 bridgehead atoms. The number of nitrogens with zero attached hydrogens (tertiary/aromatic N) is 1. The van der Waals surface area contributed by atoms with Crippen LogP contribution >= 0.6 is 0 Å². The Morgan fingerprint density at radius 3 is 2.41 bits per heavy atom. The fraction of sp³-hybridized carbons (Fsp3) is 0.350. The van der Waals surface area contributed by atoms with Crippen LogP contribution in [0.25, 0.3) is 0 Å². The second-order valence-electron chi connectivity index (χ2n) is 6.25. The van der Waals surface area contributed by atoms with Gasteiger partial charge >= 0.3 is 0 Å². The molecule has 0 fully saturated rings. The molecule has 0 aliphatic carbocycles. The van der Waals surface area contributed by atoms with Crippen LogP contribution in [-0.2, 0) is 21.4 Å². The number of hydrogen-bond donors (Lipinski definition) is 1. The Bertz CT molecular complexity index is 864. The summed E-state index contributed by atoms with van der Waals surface area (Å²) in [6, 6.07) is 14.8. The molecule has 1 amide bonds. The molecular weight excluding hydrogens is 364 g/mol. The van der Waals surface area contributed by atoms with Crippen molar-refractivity contribution in [2.24, 2.45) is 0 Å². The Labute approximate surface area is 161 Å². The lowest BCUT2D eigenvalue weighted by molar-refractivity contribution is -0.121. The van der Waals surface area contributed by atoms with E-state index in [4.69, 9.17) is 4.74 Å². The summed E-state index contributed by atoms with van der Waals surface area (Å²) in [5.74, 6) is 0.267. The van der Waals surface area contributed by atoms with Gasteiger partial charge in [-0.1, -0.05) is 42.0 Å². The maximum absolute atomic E-state index is 12.3. The van der Waals surface area contributed by atoms with E-state index in [0.717, 1.165) is 17.4 Å².